The molecule has 3 unspecified atom stereocenters. The first-order valence-electron chi connectivity index (χ1n) is 9.89. The van der Waals surface area contributed by atoms with Crippen LogP contribution in [0.3, 0.4) is 0 Å². The average Bonchev–Trinajstić information content (AvgIpc) is 3.07. The van der Waals surface area contributed by atoms with Crippen LogP contribution in [0, 0.1) is 11.8 Å². The molecule has 140 valence electrons. The van der Waals surface area contributed by atoms with Crippen LogP contribution in [0.25, 0.3) is 0 Å². The van der Waals surface area contributed by atoms with E-state index in [1.54, 1.807) is 0 Å². The third kappa shape index (κ3) is 1.51. The Kier molecular flexibility index (Phi) is 2.92. The van der Waals surface area contributed by atoms with Crippen LogP contribution in [-0.2, 0) is 14.9 Å². The summed E-state index contributed by atoms with van der Waals surface area (Å²) >= 11 is 8.48. The summed E-state index contributed by atoms with van der Waals surface area (Å²) in [5.41, 5.74) is 3.87. The van der Waals surface area contributed by atoms with E-state index < -0.39 is 4.45 Å². The molecule has 3 saturated heterocycles. The summed E-state index contributed by atoms with van der Waals surface area (Å²) in [6.45, 7) is 2.76. The van der Waals surface area contributed by atoms with E-state index in [0.29, 0.717) is 29.8 Å². The number of halogens is 2. The molecule has 2 bridgehead atoms. The Bertz CT molecular complexity index is 935. The van der Waals surface area contributed by atoms with Crippen molar-refractivity contribution in [3.63, 3.8) is 0 Å². The number of alkyl halides is 2. The van der Waals surface area contributed by atoms with E-state index in [-0.39, 0.29) is 23.3 Å². The van der Waals surface area contributed by atoms with E-state index in [4.69, 9.17) is 4.74 Å². The van der Waals surface area contributed by atoms with Gasteiger partial charge in [-0.05, 0) is 24.6 Å². The highest BCUT2D eigenvalue weighted by molar-refractivity contribution is 9.10. The zero-order valence-corrected chi connectivity index (χ0v) is 17.9. The van der Waals surface area contributed by atoms with Gasteiger partial charge in [0.05, 0.1) is 19.1 Å². The summed E-state index contributed by atoms with van der Waals surface area (Å²) in [4.78, 5) is 18.6. The molecule has 0 aromatic heterocycles. The molecular formula is C21H20Br2N2O2. The van der Waals surface area contributed by atoms with Gasteiger partial charge in [0, 0.05) is 40.4 Å². The number of carbonyl (C=O) groups is 1. The maximum atomic E-state index is 13.4. The first-order valence-corrected chi connectivity index (χ1v) is 11.6. The van der Waals surface area contributed by atoms with Crippen LogP contribution >= 0.6 is 31.9 Å². The molecule has 0 radical (unpaired) electrons. The molecule has 0 N–H and O–H groups in total. The number of fused-ring (bicyclic) bond motifs is 2. The first kappa shape index (κ1) is 16.1. The lowest BCUT2D eigenvalue weighted by Crippen LogP contribution is -2.77. The Balaban J connectivity index is 1.61. The number of para-hydroxylation sites is 1. The van der Waals surface area contributed by atoms with Gasteiger partial charge in [-0.2, -0.15) is 0 Å². The molecule has 1 amide bonds. The van der Waals surface area contributed by atoms with E-state index in [1.165, 1.54) is 11.1 Å². The summed E-state index contributed by atoms with van der Waals surface area (Å²) in [6, 6.07) is 9.02. The molecule has 7 rings (SSSR count). The van der Waals surface area contributed by atoms with Crippen molar-refractivity contribution in [3.8, 4) is 0 Å². The smallest absolute Gasteiger partial charge is 0.230 e. The molecule has 1 aliphatic carbocycles. The zero-order chi connectivity index (χ0) is 18.1. The molecule has 4 fully saturated rings. The maximum Gasteiger partial charge on any atom is 0.230 e. The second-order valence-electron chi connectivity index (χ2n) is 8.91. The van der Waals surface area contributed by atoms with Gasteiger partial charge in [-0.25, -0.2) is 0 Å². The van der Waals surface area contributed by atoms with Gasteiger partial charge in [-0.15, -0.1) is 0 Å². The van der Waals surface area contributed by atoms with Crippen LogP contribution in [-0.4, -0.2) is 51.9 Å². The number of piperidine rings is 2. The van der Waals surface area contributed by atoms with E-state index >= 15 is 0 Å². The predicted molar refractivity (Wildman–Crippen MR) is 109 cm³/mol. The number of ether oxygens (including phenoxy) is 1. The fourth-order valence-corrected chi connectivity index (χ4v) is 10.6. The van der Waals surface area contributed by atoms with Crippen LogP contribution in [0.2, 0.25) is 0 Å². The van der Waals surface area contributed by atoms with Gasteiger partial charge in [-0.1, -0.05) is 61.7 Å². The Morgan fingerprint density at radius 1 is 1.26 bits per heavy atom. The molecule has 27 heavy (non-hydrogen) atoms. The fourth-order valence-electron chi connectivity index (χ4n) is 7.54. The number of benzene rings is 1. The summed E-state index contributed by atoms with van der Waals surface area (Å²) in [7, 11) is 0. The number of hydrogen-bond donors (Lipinski definition) is 0. The number of rotatable bonds is 0. The van der Waals surface area contributed by atoms with Crippen molar-refractivity contribution in [1.82, 2.24) is 4.90 Å². The molecule has 1 spiro atoms. The highest BCUT2D eigenvalue weighted by atomic mass is 79.9. The second-order valence-corrected chi connectivity index (χ2v) is 11.2. The van der Waals surface area contributed by atoms with Crippen molar-refractivity contribution < 1.29 is 9.53 Å². The zero-order valence-electron chi connectivity index (χ0n) is 14.8. The van der Waals surface area contributed by atoms with Crippen molar-refractivity contribution in [3.05, 3.63) is 41.5 Å². The Morgan fingerprint density at radius 2 is 2.11 bits per heavy atom. The molecular weight excluding hydrogens is 472 g/mol. The van der Waals surface area contributed by atoms with Gasteiger partial charge in [0.1, 0.15) is 4.45 Å². The maximum absolute atomic E-state index is 13.4. The van der Waals surface area contributed by atoms with Crippen LogP contribution in [0.5, 0.6) is 0 Å². The topological polar surface area (TPSA) is 32.8 Å². The monoisotopic (exact) mass is 490 g/mol. The van der Waals surface area contributed by atoms with Gasteiger partial charge in [0.2, 0.25) is 5.91 Å². The largest absolute Gasteiger partial charge is 0.373 e. The van der Waals surface area contributed by atoms with Gasteiger partial charge in [-0.3, -0.25) is 14.6 Å². The molecule has 1 aromatic carbocycles. The van der Waals surface area contributed by atoms with Gasteiger partial charge < -0.3 is 4.74 Å². The van der Waals surface area contributed by atoms with Crippen LogP contribution < -0.4 is 4.90 Å². The lowest BCUT2D eigenvalue weighted by molar-refractivity contribution is -0.133. The van der Waals surface area contributed by atoms with Crippen LogP contribution in [0.4, 0.5) is 5.69 Å². The van der Waals surface area contributed by atoms with Crippen molar-refractivity contribution in [2.75, 3.05) is 24.6 Å². The minimum atomic E-state index is -0.401. The van der Waals surface area contributed by atoms with Gasteiger partial charge in [0.15, 0.2) is 0 Å². The molecule has 5 heterocycles. The molecule has 1 saturated carbocycles. The average molecular weight is 492 g/mol. The minimum Gasteiger partial charge on any atom is -0.373 e. The molecule has 7 atom stereocenters. The van der Waals surface area contributed by atoms with Gasteiger partial charge in [0.25, 0.3) is 0 Å². The number of anilines is 1. The lowest BCUT2D eigenvalue weighted by atomic mass is 9.53. The number of nitrogens with zero attached hydrogens (tertiary/aromatic N) is 2. The first-order chi connectivity index (χ1) is 13.1. The normalized spacial score (nSPS) is 49.0. The summed E-state index contributed by atoms with van der Waals surface area (Å²) in [5, 5.41) is 0. The number of amides is 1. The van der Waals surface area contributed by atoms with Crippen molar-refractivity contribution in [1.29, 1.82) is 0 Å². The molecule has 5 aliphatic heterocycles. The van der Waals surface area contributed by atoms with E-state index in [0.717, 1.165) is 25.2 Å². The summed E-state index contributed by atoms with van der Waals surface area (Å²) < 4.78 is 5.91. The molecule has 6 heteroatoms. The van der Waals surface area contributed by atoms with E-state index in [2.05, 4.69) is 72.0 Å². The Hall–Kier alpha value is -0.690. The van der Waals surface area contributed by atoms with Crippen molar-refractivity contribution >= 4 is 43.5 Å². The highest BCUT2D eigenvalue weighted by Crippen LogP contribution is 2.73. The third-order valence-electron chi connectivity index (χ3n) is 8.24. The quantitative estimate of drug-likeness (QED) is 0.317. The number of carbonyl (C=O) groups excluding carboxylic acids is 1. The third-order valence-corrected chi connectivity index (χ3v) is 10.9. The van der Waals surface area contributed by atoms with Crippen LogP contribution in [0.1, 0.15) is 18.4 Å². The lowest BCUT2D eigenvalue weighted by Gasteiger charge is -2.65. The summed E-state index contributed by atoms with van der Waals surface area (Å²) in [6.07, 6.45) is 3.83. The molecule has 1 aromatic rings. The Morgan fingerprint density at radius 3 is 3.00 bits per heavy atom. The predicted octanol–water partition coefficient (Wildman–Crippen LogP) is 3.19. The minimum absolute atomic E-state index is 0.0220. The van der Waals surface area contributed by atoms with Gasteiger partial charge >= 0.3 is 0 Å². The van der Waals surface area contributed by atoms with Crippen molar-refractivity contribution in [2.45, 2.75) is 39.7 Å². The highest BCUT2D eigenvalue weighted by Gasteiger charge is 2.79. The molecule has 6 aliphatic rings. The van der Waals surface area contributed by atoms with Crippen LogP contribution in [0.15, 0.2) is 35.9 Å². The van der Waals surface area contributed by atoms with Crippen molar-refractivity contribution in [2.24, 2.45) is 11.8 Å². The van der Waals surface area contributed by atoms with E-state index in [1.807, 2.05) is 0 Å². The van der Waals surface area contributed by atoms with E-state index in [9.17, 15) is 4.79 Å². The summed E-state index contributed by atoms with van der Waals surface area (Å²) in [5.74, 6) is 0.872. The number of hydrogen-bond acceptors (Lipinski definition) is 3. The second kappa shape index (κ2) is 4.89. The fraction of sp³-hybridized carbons (Fsp3) is 0.571. The standard InChI is InChI=1S/C21H20Br2N2O2/c22-18-16-11-5-8-27-14-9-15(26)25-13-4-2-1-3-12(13)20(21(25,23)17(14)16)6-7-24(10-11)19(18)20/h1-5,14,16-19H,6-10H2/t14?,16-,17-,18?,19+,20+,21?/m0/s1. The Labute approximate surface area is 175 Å². The molecule has 4 nitrogen and oxygen atoms in total. The SMILES string of the molecule is O=C1CC2OCC=C3CN4CC[C@]56c7ccccc7N1C5(Br)[C@@H]2[C@H]3C(Br)[C@@H]46.